The number of aryl methyl sites for hydroxylation is 2. The molecule has 0 saturated carbocycles. The van der Waals surface area contributed by atoms with Crippen molar-refractivity contribution in [1.29, 1.82) is 0 Å². The monoisotopic (exact) mass is 339 g/mol. The lowest BCUT2D eigenvalue weighted by atomic mass is 10.1. The van der Waals surface area contributed by atoms with Crippen molar-refractivity contribution in [3.8, 4) is 0 Å². The highest BCUT2D eigenvalue weighted by Crippen LogP contribution is 2.18. The highest BCUT2D eigenvalue weighted by atomic mass is 16.2. The number of hydrogen-bond donors (Lipinski definition) is 1. The summed E-state index contributed by atoms with van der Waals surface area (Å²) >= 11 is 0. The molecule has 1 aliphatic heterocycles. The van der Waals surface area contributed by atoms with Gasteiger partial charge in [0.2, 0.25) is 0 Å². The molecule has 1 aromatic carbocycles. The Hall–Kier alpha value is -2.47. The van der Waals surface area contributed by atoms with Gasteiger partial charge in [-0.2, -0.15) is 0 Å². The molecule has 0 aliphatic carbocycles. The third kappa shape index (κ3) is 4.33. The number of benzene rings is 1. The highest BCUT2D eigenvalue weighted by Gasteiger charge is 2.22. The van der Waals surface area contributed by atoms with E-state index < -0.39 is 0 Å². The molecule has 3 rings (SSSR count). The first kappa shape index (κ1) is 17.4. The molecule has 0 radical (unpaired) electrons. The second-order valence-corrected chi connectivity index (χ2v) is 6.53. The van der Waals surface area contributed by atoms with Crippen LogP contribution in [0.2, 0.25) is 0 Å². The van der Waals surface area contributed by atoms with Gasteiger partial charge in [-0.25, -0.2) is 0 Å². The molecule has 1 aromatic heterocycles. The Kier molecular flexibility index (Phi) is 5.28. The van der Waals surface area contributed by atoms with Crippen LogP contribution in [-0.4, -0.2) is 58.6 Å². The van der Waals surface area contributed by atoms with Crippen molar-refractivity contribution < 1.29 is 4.79 Å². The van der Waals surface area contributed by atoms with E-state index in [1.54, 1.807) is 12.1 Å². The minimum absolute atomic E-state index is 0.0406. The summed E-state index contributed by atoms with van der Waals surface area (Å²) in [6.07, 6.45) is 0. The van der Waals surface area contributed by atoms with E-state index in [0.29, 0.717) is 11.5 Å². The zero-order valence-electron chi connectivity index (χ0n) is 15.1. The molecule has 0 bridgehead atoms. The number of amides is 1. The lowest BCUT2D eigenvalue weighted by Gasteiger charge is -2.33. The van der Waals surface area contributed by atoms with Crippen LogP contribution in [0.5, 0.6) is 0 Å². The van der Waals surface area contributed by atoms with E-state index in [2.05, 4.69) is 59.4 Å². The molecule has 1 aliphatic rings. The Labute approximate surface area is 148 Å². The summed E-state index contributed by atoms with van der Waals surface area (Å²) in [5.41, 5.74) is 3.75. The Morgan fingerprint density at radius 1 is 1.04 bits per heavy atom. The van der Waals surface area contributed by atoms with E-state index in [9.17, 15) is 4.79 Å². The predicted octanol–water partition coefficient (Wildman–Crippen LogP) is 2.61. The molecule has 1 fully saturated rings. The second-order valence-electron chi connectivity index (χ2n) is 6.53. The zero-order valence-corrected chi connectivity index (χ0v) is 15.1. The fourth-order valence-electron chi connectivity index (χ4n) is 3.14. The van der Waals surface area contributed by atoms with E-state index in [4.69, 9.17) is 0 Å². The highest BCUT2D eigenvalue weighted by molar-refractivity contribution is 5.92. The zero-order chi connectivity index (χ0) is 17.8. The number of carbonyl (C=O) groups is 1. The Bertz CT molecular complexity index is 716. The molecular weight excluding hydrogens is 314 g/mol. The number of nitrogens with zero attached hydrogens (tertiary/aromatic N) is 4. The predicted molar refractivity (Wildman–Crippen MR) is 99.2 cm³/mol. The number of rotatable bonds is 4. The summed E-state index contributed by atoms with van der Waals surface area (Å²) in [6, 6.07) is 9.78. The molecule has 1 amide bonds. The Morgan fingerprint density at radius 2 is 1.72 bits per heavy atom. The van der Waals surface area contributed by atoms with Crippen LogP contribution in [0.4, 0.5) is 11.5 Å². The van der Waals surface area contributed by atoms with Gasteiger partial charge in [0, 0.05) is 31.9 Å². The number of carbonyl (C=O) groups excluding carboxylic acids is 1. The van der Waals surface area contributed by atoms with E-state index in [1.807, 2.05) is 4.90 Å². The minimum atomic E-state index is -0.0406. The maximum Gasteiger partial charge on any atom is 0.274 e. The summed E-state index contributed by atoms with van der Waals surface area (Å²) in [4.78, 5) is 16.7. The number of hydrogen-bond acceptors (Lipinski definition) is 5. The first-order chi connectivity index (χ1) is 12.0. The molecule has 6 nitrogen and oxygen atoms in total. The number of nitrogens with one attached hydrogen (secondary N) is 1. The number of likely N-dealkylation sites (N-methyl/N-ethyl adjacent to an activating group) is 1. The van der Waals surface area contributed by atoms with Crippen LogP contribution >= 0.6 is 0 Å². The van der Waals surface area contributed by atoms with Gasteiger partial charge in [-0.1, -0.05) is 13.0 Å². The molecule has 6 heteroatoms. The van der Waals surface area contributed by atoms with Crippen molar-refractivity contribution in [3.05, 3.63) is 47.2 Å². The maximum atomic E-state index is 12.5. The normalized spacial score (nSPS) is 15.2. The van der Waals surface area contributed by atoms with E-state index in [-0.39, 0.29) is 5.91 Å². The molecule has 0 spiro atoms. The molecule has 0 unspecified atom stereocenters. The van der Waals surface area contributed by atoms with Gasteiger partial charge < -0.3 is 15.1 Å². The lowest BCUT2D eigenvalue weighted by molar-refractivity contribution is 0.0636. The van der Waals surface area contributed by atoms with Gasteiger partial charge in [0.1, 0.15) is 0 Å². The summed E-state index contributed by atoms with van der Waals surface area (Å²) in [5.74, 6) is 0.596. The Balaban J connectivity index is 1.64. The lowest BCUT2D eigenvalue weighted by Crippen LogP contribution is -2.48. The van der Waals surface area contributed by atoms with Gasteiger partial charge in [-0.15, -0.1) is 10.2 Å². The molecule has 0 atom stereocenters. The molecule has 2 heterocycles. The molecule has 1 N–H and O–H groups in total. The van der Waals surface area contributed by atoms with Gasteiger partial charge in [0.05, 0.1) is 0 Å². The summed E-state index contributed by atoms with van der Waals surface area (Å²) in [5, 5.41) is 11.5. The van der Waals surface area contributed by atoms with Crippen molar-refractivity contribution >= 4 is 17.4 Å². The van der Waals surface area contributed by atoms with Crippen LogP contribution in [0.15, 0.2) is 30.3 Å². The quantitative estimate of drug-likeness (QED) is 0.928. The number of anilines is 2. The average Bonchev–Trinajstić information content (AvgIpc) is 2.61. The first-order valence-electron chi connectivity index (χ1n) is 8.76. The van der Waals surface area contributed by atoms with Crippen molar-refractivity contribution in [3.63, 3.8) is 0 Å². The SMILES string of the molecule is CCN1CCN(C(=O)c2ccc(Nc3cc(C)cc(C)c3)nn2)CC1. The van der Waals surface area contributed by atoms with Crippen LogP contribution < -0.4 is 5.32 Å². The van der Waals surface area contributed by atoms with Crippen molar-refractivity contribution in [2.75, 3.05) is 38.0 Å². The summed E-state index contributed by atoms with van der Waals surface area (Å²) in [6.45, 7) is 10.6. The van der Waals surface area contributed by atoms with Crippen molar-refractivity contribution in [2.24, 2.45) is 0 Å². The maximum absolute atomic E-state index is 12.5. The van der Waals surface area contributed by atoms with Gasteiger partial charge in [-0.3, -0.25) is 4.79 Å². The molecule has 2 aromatic rings. The Morgan fingerprint density at radius 3 is 2.28 bits per heavy atom. The standard InChI is InChI=1S/C19H25N5O/c1-4-23-7-9-24(10-8-23)19(25)17-5-6-18(22-21-17)20-16-12-14(2)11-15(3)13-16/h5-6,11-13H,4,7-10H2,1-3H3,(H,20,22). The number of piperazine rings is 1. The van der Waals surface area contributed by atoms with Crippen LogP contribution in [0, 0.1) is 13.8 Å². The topological polar surface area (TPSA) is 61.4 Å². The second kappa shape index (κ2) is 7.61. The summed E-state index contributed by atoms with van der Waals surface area (Å²) < 4.78 is 0. The molecular formula is C19H25N5O. The van der Waals surface area contributed by atoms with Crippen LogP contribution in [0.1, 0.15) is 28.5 Å². The third-order valence-corrected chi connectivity index (χ3v) is 4.48. The molecule has 132 valence electrons. The van der Waals surface area contributed by atoms with E-state index in [0.717, 1.165) is 38.4 Å². The van der Waals surface area contributed by atoms with Gasteiger partial charge in [0.15, 0.2) is 11.5 Å². The summed E-state index contributed by atoms with van der Waals surface area (Å²) in [7, 11) is 0. The third-order valence-electron chi connectivity index (χ3n) is 4.48. The molecule has 25 heavy (non-hydrogen) atoms. The van der Waals surface area contributed by atoms with Crippen LogP contribution in [-0.2, 0) is 0 Å². The smallest absolute Gasteiger partial charge is 0.274 e. The van der Waals surface area contributed by atoms with E-state index >= 15 is 0 Å². The fraction of sp³-hybridized carbons (Fsp3) is 0.421. The van der Waals surface area contributed by atoms with Crippen molar-refractivity contribution in [1.82, 2.24) is 20.0 Å². The largest absolute Gasteiger partial charge is 0.339 e. The van der Waals surface area contributed by atoms with E-state index in [1.165, 1.54) is 11.1 Å². The first-order valence-corrected chi connectivity index (χ1v) is 8.76. The fourth-order valence-corrected chi connectivity index (χ4v) is 3.14. The molecule has 1 saturated heterocycles. The van der Waals surface area contributed by atoms with Crippen molar-refractivity contribution in [2.45, 2.75) is 20.8 Å². The van der Waals surface area contributed by atoms with Gasteiger partial charge in [-0.05, 0) is 55.8 Å². The average molecular weight is 339 g/mol. The minimum Gasteiger partial charge on any atom is -0.339 e. The van der Waals surface area contributed by atoms with Crippen LogP contribution in [0.3, 0.4) is 0 Å². The van der Waals surface area contributed by atoms with Gasteiger partial charge in [0.25, 0.3) is 5.91 Å². The van der Waals surface area contributed by atoms with Gasteiger partial charge >= 0.3 is 0 Å². The number of aromatic nitrogens is 2. The van der Waals surface area contributed by atoms with Crippen LogP contribution in [0.25, 0.3) is 0 Å².